The zero-order valence-corrected chi connectivity index (χ0v) is 12.9. The first-order valence-electron chi connectivity index (χ1n) is 7.69. The molecule has 5 nitrogen and oxygen atoms in total. The van der Waals surface area contributed by atoms with E-state index in [4.69, 9.17) is 0 Å². The molecule has 1 aliphatic heterocycles. The van der Waals surface area contributed by atoms with Crippen molar-refractivity contribution < 1.29 is 9.59 Å². The predicted molar refractivity (Wildman–Crippen MR) is 78.3 cm³/mol. The molecular formula is C15H27N3O2. The standard InChI is InChI=1S/C15H27N3O2/c1-15(14(20)16-12-6-4-5-7-12)9-8-13(19)18(15)11-10-17(2)3/h12H,4-11H2,1-3H3,(H,16,20). The molecule has 0 radical (unpaired) electrons. The van der Waals surface area contributed by atoms with E-state index in [1.54, 1.807) is 4.90 Å². The number of carbonyl (C=O) groups excluding carboxylic acids is 2. The van der Waals surface area contributed by atoms with Gasteiger partial charge in [-0.2, -0.15) is 0 Å². The van der Waals surface area contributed by atoms with Gasteiger partial charge >= 0.3 is 0 Å². The Bertz CT molecular complexity index is 377. The highest BCUT2D eigenvalue weighted by Gasteiger charge is 2.47. The number of likely N-dealkylation sites (N-methyl/N-ethyl adjacent to an activating group) is 1. The monoisotopic (exact) mass is 281 g/mol. The van der Waals surface area contributed by atoms with Gasteiger partial charge in [-0.25, -0.2) is 0 Å². The fourth-order valence-corrected chi connectivity index (χ4v) is 3.21. The minimum absolute atomic E-state index is 0.0361. The van der Waals surface area contributed by atoms with Crippen LogP contribution < -0.4 is 5.32 Å². The van der Waals surface area contributed by atoms with E-state index >= 15 is 0 Å². The quantitative estimate of drug-likeness (QED) is 0.817. The maximum atomic E-state index is 12.6. The van der Waals surface area contributed by atoms with E-state index in [1.165, 1.54) is 12.8 Å². The molecule has 0 aromatic rings. The molecule has 20 heavy (non-hydrogen) atoms. The average Bonchev–Trinajstić information content (AvgIpc) is 2.97. The molecule has 2 rings (SSSR count). The molecule has 0 bridgehead atoms. The van der Waals surface area contributed by atoms with Crippen LogP contribution >= 0.6 is 0 Å². The van der Waals surface area contributed by atoms with Gasteiger partial charge in [-0.1, -0.05) is 12.8 Å². The third kappa shape index (κ3) is 3.14. The van der Waals surface area contributed by atoms with Crippen molar-refractivity contribution in [3.63, 3.8) is 0 Å². The van der Waals surface area contributed by atoms with Crippen LogP contribution in [0.4, 0.5) is 0 Å². The zero-order valence-electron chi connectivity index (χ0n) is 12.9. The van der Waals surface area contributed by atoms with Crippen molar-refractivity contribution in [3.05, 3.63) is 0 Å². The van der Waals surface area contributed by atoms with Crippen LogP contribution in [0.2, 0.25) is 0 Å². The normalized spacial score (nSPS) is 27.6. The Balaban J connectivity index is 2.01. The molecule has 0 aromatic carbocycles. The number of rotatable bonds is 5. The molecule has 5 heteroatoms. The first kappa shape index (κ1) is 15.3. The molecule has 0 aromatic heterocycles. The van der Waals surface area contributed by atoms with Crippen LogP contribution in [-0.2, 0) is 9.59 Å². The van der Waals surface area contributed by atoms with Gasteiger partial charge in [0.15, 0.2) is 0 Å². The number of amides is 2. The van der Waals surface area contributed by atoms with Crippen LogP contribution in [0, 0.1) is 0 Å². The lowest BCUT2D eigenvalue weighted by Gasteiger charge is -2.35. The Morgan fingerprint density at radius 2 is 2.05 bits per heavy atom. The maximum Gasteiger partial charge on any atom is 0.245 e. The first-order chi connectivity index (χ1) is 9.43. The van der Waals surface area contributed by atoms with Gasteiger partial charge in [-0.05, 0) is 40.3 Å². The summed E-state index contributed by atoms with van der Waals surface area (Å²) >= 11 is 0. The summed E-state index contributed by atoms with van der Waals surface area (Å²) in [5.41, 5.74) is -0.657. The summed E-state index contributed by atoms with van der Waals surface area (Å²) in [6.45, 7) is 3.33. The minimum atomic E-state index is -0.657. The molecule has 2 amide bonds. The molecule has 0 spiro atoms. The van der Waals surface area contributed by atoms with Crippen LogP contribution in [-0.4, -0.2) is 60.4 Å². The van der Waals surface area contributed by atoms with Gasteiger partial charge < -0.3 is 15.1 Å². The maximum absolute atomic E-state index is 12.6. The van der Waals surface area contributed by atoms with Crippen molar-refractivity contribution in [3.8, 4) is 0 Å². The van der Waals surface area contributed by atoms with Gasteiger partial charge in [0.25, 0.3) is 0 Å². The number of nitrogens with zero attached hydrogens (tertiary/aromatic N) is 2. The molecule has 1 atom stereocenters. The van der Waals surface area contributed by atoms with E-state index in [9.17, 15) is 9.59 Å². The van der Waals surface area contributed by atoms with Crippen molar-refractivity contribution >= 4 is 11.8 Å². The Morgan fingerprint density at radius 3 is 2.65 bits per heavy atom. The fourth-order valence-electron chi connectivity index (χ4n) is 3.21. The van der Waals surface area contributed by atoms with Crippen LogP contribution in [0.25, 0.3) is 0 Å². The molecule has 2 aliphatic rings. The first-order valence-corrected chi connectivity index (χ1v) is 7.69. The largest absolute Gasteiger partial charge is 0.351 e. The number of carbonyl (C=O) groups is 2. The summed E-state index contributed by atoms with van der Waals surface area (Å²) in [4.78, 5) is 28.5. The Hall–Kier alpha value is -1.10. The SMILES string of the molecule is CN(C)CCN1C(=O)CCC1(C)C(=O)NC1CCCC1. The lowest BCUT2D eigenvalue weighted by Crippen LogP contribution is -2.57. The van der Waals surface area contributed by atoms with Crippen molar-refractivity contribution in [2.24, 2.45) is 0 Å². The second-order valence-electron chi connectivity index (χ2n) is 6.58. The van der Waals surface area contributed by atoms with Gasteiger partial charge in [-0.3, -0.25) is 9.59 Å². The molecule has 1 saturated heterocycles. The third-order valence-corrected chi connectivity index (χ3v) is 4.67. The average molecular weight is 281 g/mol. The van der Waals surface area contributed by atoms with E-state index in [0.717, 1.165) is 19.4 Å². The predicted octanol–water partition coefficient (Wildman–Crippen LogP) is 0.988. The van der Waals surface area contributed by atoms with Gasteiger partial charge in [-0.15, -0.1) is 0 Å². The molecular weight excluding hydrogens is 254 g/mol. The van der Waals surface area contributed by atoms with E-state index < -0.39 is 5.54 Å². The number of hydrogen-bond donors (Lipinski definition) is 1. The number of nitrogens with one attached hydrogen (secondary N) is 1. The number of likely N-dealkylation sites (tertiary alicyclic amines) is 1. The summed E-state index contributed by atoms with van der Waals surface area (Å²) in [6.07, 6.45) is 5.68. The van der Waals surface area contributed by atoms with Gasteiger partial charge in [0.1, 0.15) is 5.54 Å². The van der Waals surface area contributed by atoms with E-state index in [-0.39, 0.29) is 11.8 Å². The van der Waals surface area contributed by atoms with Crippen LogP contribution in [0.15, 0.2) is 0 Å². The highest BCUT2D eigenvalue weighted by Crippen LogP contribution is 2.31. The molecule has 1 N–H and O–H groups in total. The van der Waals surface area contributed by atoms with E-state index in [0.29, 0.717) is 25.4 Å². The van der Waals surface area contributed by atoms with Crippen molar-refractivity contribution in [1.82, 2.24) is 15.1 Å². The molecule has 1 aliphatic carbocycles. The summed E-state index contributed by atoms with van der Waals surface area (Å²) in [6, 6.07) is 0.311. The molecule has 1 heterocycles. The number of hydrogen-bond acceptors (Lipinski definition) is 3. The van der Waals surface area contributed by atoms with Crippen molar-refractivity contribution in [1.29, 1.82) is 0 Å². The highest BCUT2D eigenvalue weighted by atomic mass is 16.2. The van der Waals surface area contributed by atoms with E-state index in [2.05, 4.69) is 5.32 Å². The highest BCUT2D eigenvalue weighted by molar-refractivity contribution is 5.94. The Kier molecular flexibility index (Phi) is 4.68. The topological polar surface area (TPSA) is 52.7 Å². The second kappa shape index (κ2) is 6.12. The van der Waals surface area contributed by atoms with Gasteiger partial charge in [0, 0.05) is 25.6 Å². The fraction of sp³-hybridized carbons (Fsp3) is 0.867. The summed E-state index contributed by atoms with van der Waals surface area (Å²) < 4.78 is 0. The van der Waals surface area contributed by atoms with Gasteiger partial charge in [0.05, 0.1) is 0 Å². The molecule has 2 fully saturated rings. The smallest absolute Gasteiger partial charge is 0.245 e. The second-order valence-corrected chi connectivity index (χ2v) is 6.58. The Labute approximate surface area is 121 Å². The third-order valence-electron chi connectivity index (χ3n) is 4.67. The van der Waals surface area contributed by atoms with Crippen LogP contribution in [0.3, 0.4) is 0 Å². The van der Waals surface area contributed by atoms with Crippen molar-refractivity contribution in [2.75, 3.05) is 27.2 Å². The van der Waals surface area contributed by atoms with Gasteiger partial charge in [0.2, 0.25) is 11.8 Å². The van der Waals surface area contributed by atoms with Crippen molar-refractivity contribution in [2.45, 2.75) is 57.0 Å². The summed E-state index contributed by atoms with van der Waals surface area (Å²) in [7, 11) is 3.97. The van der Waals surface area contributed by atoms with E-state index in [1.807, 2.05) is 25.9 Å². The zero-order chi connectivity index (χ0) is 14.8. The van der Waals surface area contributed by atoms with Crippen LogP contribution in [0.5, 0.6) is 0 Å². The lowest BCUT2D eigenvalue weighted by atomic mass is 9.97. The summed E-state index contributed by atoms with van der Waals surface area (Å²) in [5.74, 6) is 0.143. The van der Waals surface area contributed by atoms with Crippen LogP contribution in [0.1, 0.15) is 45.4 Å². The summed E-state index contributed by atoms with van der Waals surface area (Å²) in [5, 5.41) is 3.15. The minimum Gasteiger partial charge on any atom is -0.351 e. The molecule has 1 unspecified atom stereocenters. The lowest BCUT2D eigenvalue weighted by molar-refractivity contribution is -0.141. The molecule has 1 saturated carbocycles. The Morgan fingerprint density at radius 1 is 1.40 bits per heavy atom. The molecule has 114 valence electrons.